The van der Waals surface area contributed by atoms with Gasteiger partial charge in [0.25, 0.3) is 0 Å². The van der Waals surface area contributed by atoms with Crippen molar-refractivity contribution in [1.82, 2.24) is 0 Å². The third-order valence-corrected chi connectivity index (χ3v) is 3.24. The third kappa shape index (κ3) is 1.29. The van der Waals surface area contributed by atoms with E-state index in [-0.39, 0.29) is 6.04 Å². The number of rotatable bonds is 0. The van der Waals surface area contributed by atoms with Gasteiger partial charge in [0.1, 0.15) is 0 Å². The summed E-state index contributed by atoms with van der Waals surface area (Å²) in [5.74, 6) is 0. The molecule has 0 aromatic heterocycles. The van der Waals surface area contributed by atoms with E-state index in [1.807, 2.05) is 0 Å². The van der Waals surface area contributed by atoms with E-state index in [2.05, 4.69) is 34.1 Å². The van der Waals surface area contributed by atoms with Crippen LogP contribution in [0.2, 0.25) is 0 Å². The molecule has 1 aromatic rings. The smallest absolute Gasteiger partial charge is 0.0298 e. The topological polar surface area (TPSA) is 26.0 Å². The normalized spacial score (nSPS) is 22.0. The predicted octanol–water partition coefficient (Wildman–Crippen LogP) is 2.79. The minimum atomic E-state index is 0.256. The zero-order valence-electron chi connectivity index (χ0n) is 6.89. The maximum atomic E-state index is 5.99. The van der Waals surface area contributed by atoms with Crippen molar-refractivity contribution in [2.45, 2.75) is 25.3 Å². The molecule has 2 rings (SSSR count). The highest BCUT2D eigenvalue weighted by Gasteiger charge is 2.17. The van der Waals surface area contributed by atoms with Gasteiger partial charge in [0, 0.05) is 10.5 Å². The highest BCUT2D eigenvalue weighted by molar-refractivity contribution is 9.10. The van der Waals surface area contributed by atoms with Crippen LogP contribution in [-0.2, 0) is 6.42 Å². The van der Waals surface area contributed by atoms with Gasteiger partial charge in [-0.25, -0.2) is 0 Å². The van der Waals surface area contributed by atoms with Crippen LogP contribution in [0.3, 0.4) is 0 Å². The van der Waals surface area contributed by atoms with Crippen LogP contribution < -0.4 is 5.73 Å². The standard InChI is InChI=1S/C10H12BrN/c11-9-5-1-4-8-7(9)3-2-6-10(8)12/h1,4-5,10H,2-3,6,12H2/t10-/m1/s1. The van der Waals surface area contributed by atoms with Crippen molar-refractivity contribution in [1.29, 1.82) is 0 Å². The van der Waals surface area contributed by atoms with Crippen molar-refractivity contribution in [2.75, 3.05) is 0 Å². The Kier molecular flexibility index (Phi) is 2.20. The molecule has 0 aliphatic heterocycles. The van der Waals surface area contributed by atoms with Gasteiger partial charge >= 0.3 is 0 Å². The fourth-order valence-electron chi connectivity index (χ4n) is 1.84. The largest absolute Gasteiger partial charge is 0.324 e. The van der Waals surface area contributed by atoms with E-state index in [4.69, 9.17) is 5.73 Å². The quantitative estimate of drug-likeness (QED) is 0.723. The van der Waals surface area contributed by atoms with Gasteiger partial charge in [0.15, 0.2) is 0 Å². The molecule has 0 amide bonds. The van der Waals surface area contributed by atoms with Crippen LogP contribution >= 0.6 is 15.9 Å². The first-order chi connectivity index (χ1) is 5.79. The van der Waals surface area contributed by atoms with Gasteiger partial charge in [-0.3, -0.25) is 0 Å². The summed E-state index contributed by atoms with van der Waals surface area (Å²) in [6.45, 7) is 0. The molecule has 64 valence electrons. The molecule has 12 heavy (non-hydrogen) atoms. The Morgan fingerprint density at radius 3 is 3.00 bits per heavy atom. The summed E-state index contributed by atoms with van der Waals surface area (Å²) in [5, 5.41) is 0. The number of hydrogen-bond acceptors (Lipinski definition) is 1. The van der Waals surface area contributed by atoms with Crippen molar-refractivity contribution in [3.05, 3.63) is 33.8 Å². The van der Waals surface area contributed by atoms with Crippen LogP contribution in [0.1, 0.15) is 30.0 Å². The second kappa shape index (κ2) is 3.19. The molecular formula is C10H12BrN. The van der Waals surface area contributed by atoms with E-state index in [1.165, 1.54) is 28.4 Å². The van der Waals surface area contributed by atoms with Crippen molar-refractivity contribution in [3.8, 4) is 0 Å². The van der Waals surface area contributed by atoms with Gasteiger partial charge in [-0.1, -0.05) is 28.1 Å². The zero-order chi connectivity index (χ0) is 8.55. The van der Waals surface area contributed by atoms with Crippen molar-refractivity contribution < 1.29 is 0 Å². The van der Waals surface area contributed by atoms with Crippen LogP contribution in [0.15, 0.2) is 22.7 Å². The van der Waals surface area contributed by atoms with E-state index >= 15 is 0 Å². The lowest BCUT2D eigenvalue weighted by atomic mass is 9.88. The third-order valence-electron chi connectivity index (χ3n) is 2.50. The van der Waals surface area contributed by atoms with Crippen LogP contribution in [0, 0.1) is 0 Å². The Morgan fingerprint density at radius 1 is 1.42 bits per heavy atom. The average Bonchev–Trinajstić information content (AvgIpc) is 2.07. The minimum absolute atomic E-state index is 0.256. The molecule has 0 heterocycles. The zero-order valence-corrected chi connectivity index (χ0v) is 8.47. The molecule has 1 nitrogen and oxygen atoms in total. The van der Waals surface area contributed by atoms with Crippen molar-refractivity contribution >= 4 is 15.9 Å². The fourth-order valence-corrected chi connectivity index (χ4v) is 2.42. The Morgan fingerprint density at radius 2 is 2.25 bits per heavy atom. The first-order valence-electron chi connectivity index (χ1n) is 4.32. The first-order valence-corrected chi connectivity index (χ1v) is 5.11. The summed E-state index contributed by atoms with van der Waals surface area (Å²) in [6, 6.07) is 6.56. The predicted molar refractivity (Wildman–Crippen MR) is 54.0 cm³/mol. The number of hydrogen-bond donors (Lipinski definition) is 1. The van der Waals surface area contributed by atoms with Gasteiger partial charge < -0.3 is 5.73 Å². The maximum absolute atomic E-state index is 5.99. The summed E-state index contributed by atoms with van der Waals surface area (Å²) in [4.78, 5) is 0. The van der Waals surface area contributed by atoms with E-state index in [0.717, 1.165) is 6.42 Å². The maximum Gasteiger partial charge on any atom is 0.0298 e. The van der Waals surface area contributed by atoms with E-state index in [1.54, 1.807) is 0 Å². The SMILES string of the molecule is N[C@@H]1CCCc2c(Br)cccc21. The molecule has 0 spiro atoms. The van der Waals surface area contributed by atoms with Gasteiger partial charge in [-0.15, -0.1) is 0 Å². The van der Waals surface area contributed by atoms with E-state index in [9.17, 15) is 0 Å². The van der Waals surface area contributed by atoms with Crippen LogP contribution in [-0.4, -0.2) is 0 Å². The minimum Gasteiger partial charge on any atom is -0.324 e. The molecule has 0 unspecified atom stereocenters. The van der Waals surface area contributed by atoms with Gasteiger partial charge in [-0.05, 0) is 36.5 Å². The number of fused-ring (bicyclic) bond motifs is 1. The van der Waals surface area contributed by atoms with Crippen molar-refractivity contribution in [2.24, 2.45) is 5.73 Å². The van der Waals surface area contributed by atoms with Gasteiger partial charge in [-0.2, -0.15) is 0 Å². The average molecular weight is 226 g/mol. The highest BCUT2D eigenvalue weighted by Crippen LogP contribution is 2.32. The molecule has 0 fully saturated rings. The van der Waals surface area contributed by atoms with E-state index in [0.29, 0.717) is 0 Å². The second-order valence-electron chi connectivity index (χ2n) is 3.31. The highest BCUT2D eigenvalue weighted by atomic mass is 79.9. The van der Waals surface area contributed by atoms with Crippen LogP contribution in [0.4, 0.5) is 0 Å². The Labute approximate surface area is 81.1 Å². The molecule has 2 heteroatoms. The Bertz CT molecular complexity index is 296. The molecule has 2 N–H and O–H groups in total. The summed E-state index contributed by atoms with van der Waals surface area (Å²) in [7, 11) is 0. The Balaban J connectivity index is 2.52. The van der Waals surface area contributed by atoms with Crippen LogP contribution in [0.5, 0.6) is 0 Å². The summed E-state index contributed by atoms with van der Waals surface area (Å²) in [6.07, 6.45) is 3.52. The summed E-state index contributed by atoms with van der Waals surface area (Å²) >= 11 is 3.55. The number of nitrogens with two attached hydrogens (primary N) is 1. The molecule has 1 atom stereocenters. The van der Waals surface area contributed by atoms with E-state index < -0.39 is 0 Å². The summed E-state index contributed by atoms with van der Waals surface area (Å²) < 4.78 is 1.22. The van der Waals surface area contributed by atoms with Crippen LogP contribution in [0.25, 0.3) is 0 Å². The molecule has 0 saturated carbocycles. The van der Waals surface area contributed by atoms with Crippen molar-refractivity contribution in [3.63, 3.8) is 0 Å². The molecule has 0 radical (unpaired) electrons. The van der Waals surface area contributed by atoms with Gasteiger partial charge in [0.05, 0.1) is 0 Å². The molecule has 0 bridgehead atoms. The number of halogens is 1. The number of benzene rings is 1. The lowest BCUT2D eigenvalue weighted by Gasteiger charge is -2.22. The molecule has 1 aliphatic rings. The lowest BCUT2D eigenvalue weighted by molar-refractivity contribution is 0.569. The first kappa shape index (κ1) is 8.27. The second-order valence-corrected chi connectivity index (χ2v) is 4.16. The van der Waals surface area contributed by atoms with Gasteiger partial charge in [0.2, 0.25) is 0 Å². The molecule has 1 aliphatic carbocycles. The summed E-state index contributed by atoms with van der Waals surface area (Å²) in [5.41, 5.74) is 8.74. The molecule has 0 saturated heterocycles. The molecule has 1 aromatic carbocycles. The lowest BCUT2D eigenvalue weighted by Crippen LogP contribution is -2.17. The Hall–Kier alpha value is -0.340. The monoisotopic (exact) mass is 225 g/mol. The fraction of sp³-hybridized carbons (Fsp3) is 0.400. The molecular weight excluding hydrogens is 214 g/mol.